The van der Waals surface area contributed by atoms with Gasteiger partial charge >= 0.3 is 0 Å². The molecule has 6 heteroatoms. The summed E-state index contributed by atoms with van der Waals surface area (Å²) in [5.74, 6) is 0. The first-order chi connectivity index (χ1) is 8.40. The topological polar surface area (TPSA) is 55.6 Å². The van der Waals surface area contributed by atoms with Crippen LogP contribution in [0.25, 0.3) is 0 Å². The number of aromatic nitrogens is 4. The third-order valence-electron chi connectivity index (χ3n) is 3.00. The first-order valence-electron chi connectivity index (χ1n) is 6.53. The van der Waals surface area contributed by atoms with E-state index in [0.29, 0.717) is 0 Å². The molecule has 0 spiro atoms. The van der Waals surface area contributed by atoms with Crippen LogP contribution in [0.15, 0.2) is 5.16 Å². The minimum Gasteiger partial charge on any atom is -0.315 e. The molecule has 1 aromatic heterocycles. The number of thioether (sulfide) groups is 1. The van der Waals surface area contributed by atoms with Crippen molar-refractivity contribution in [3.63, 3.8) is 0 Å². The lowest BCUT2D eigenvalue weighted by Crippen LogP contribution is -2.21. The summed E-state index contributed by atoms with van der Waals surface area (Å²) < 4.78 is 1.92. The zero-order valence-electron chi connectivity index (χ0n) is 10.4. The van der Waals surface area contributed by atoms with Crippen LogP contribution in [0.4, 0.5) is 0 Å². The maximum Gasteiger partial charge on any atom is 0.209 e. The maximum absolute atomic E-state index is 4.12. The van der Waals surface area contributed by atoms with Gasteiger partial charge in [-0.2, -0.15) is 0 Å². The molecule has 1 aliphatic rings. The van der Waals surface area contributed by atoms with Crippen LogP contribution in [0.3, 0.4) is 0 Å². The molecule has 0 aliphatic heterocycles. The number of rotatable bonds is 7. The van der Waals surface area contributed by atoms with Crippen molar-refractivity contribution < 1.29 is 0 Å². The molecule has 0 atom stereocenters. The van der Waals surface area contributed by atoms with Crippen LogP contribution in [0.1, 0.15) is 39.0 Å². The van der Waals surface area contributed by atoms with Crippen molar-refractivity contribution in [3.05, 3.63) is 0 Å². The molecule has 5 nitrogen and oxygen atoms in total. The second-order valence-corrected chi connectivity index (χ2v) is 5.73. The van der Waals surface area contributed by atoms with E-state index in [2.05, 4.69) is 27.8 Å². The van der Waals surface area contributed by atoms with Crippen molar-refractivity contribution >= 4 is 11.8 Å². The molecule has 1 N–H and O–H groups in total. The minimum absolute atomic E-state index is 0.725. The molecule has 1 aliphatic carbocycles. The quantitative estimate of drug-likeness (QED) is 0.752. The fourth-order valence-electron chi connectivity index (χ4n) is 2.06. The molecule has 2 rings (SSSR count). The molecule has 1 saturated carbocycles. The Balaban J connectivity index is 1.79. The van der Waals surface area contributed by atoms with E-state index in [-0.39, 0.29) is 0 Å². The third-order valence-corrected chi connectivity index (χ3v) is 4.31. The van der Waals surface area contributed by atoms with E-state index in [4.69, 9.17) is 0 Å². The Kier molecular flexibility index (Phi) is 5.25. The monoisotopic (exact) mass is 255 g/mol. The average Bonchev–Trinajstić information content (AvgIpc) is 2.97. The van der Waals surface area contributed by atoms with E-state index >= 15 is 0 Å². The molecule has 0 bridgehead atoms. The summed E-state index contributed by atoms with van der Waals surface area (Å²) in [6.07, 6.45) is 6.51. The van der Waals surface area contributed by atoms with E-state index in [9.17, 15) is 0 Å². The largest absolute Gasteiger partial charge is 0.315 e. The van der Waals surface area contributed by atoms with Crippen molar-refractivity contribution in [2.75, 3.05) is 13.1 Å². The smallest absolute Gasteiger partial charge is 0.209 e. The van der Waals surface area contributed by atoms with Crippen LogP contribution < -0.4 is 5.32 Å². The van der Waals surface area contributed by atoms with Crippen LogP contribution in [0.2, 0.25) is 0 Å². The highest BCUT2D eigenvalue weighted by Gasteiger charge is 2.19. The SMILES string of the molecule is CCCNCCn1nnnc1SC1CCCC1. The van der Waals surface area contributed by atoms with Gasteiger partial charge in [0, 0.05) is 11.8 Å². The van der Waals surface area contributed by atoms with Gasteiger partial charge in [-0.1, -0.05) is 31.5 Å². The number of tetrazole rings is 1. The lowest BCUT2D eigenvalue weighted by atomic mass is 10.4. The Bertz CT molecular complexity index is 321. The van der Waals surface area contributed by atoms with E-state index in [0.717, 1.165) is 30.0 Å². The maximum atomic E-state index is 4.12. The lowest BCUT2D eigenvalue weighted by Gasteiger charge is -2.08. The third kappa shape index (κ3) is 3.96. The van der Waals surface area contributed by atoms with Crippen molar-refractivity contribution in [3.8, 4) is 0 Å². The fraction of sp³-hybridized carbons (Fsp3) is 0.909. The summed E-state index contributed by atoms with van der Waals surface area (Å²) in [5, 5.41) is 17.0. The summed E-state index contributed by atoms with van der Waals surface area (Å²) in [4.78, 5) is 0. The van der Waals surface area contributed by atoms with Crippen molar-refractivity contribution in [2.24, 2.45) is 0 Å². The van der Waals surface area contributed by atoms with Crippen LogP contribution in [0, 0.1) is 0 Å². The first kappa shape index (κ1) is 12.8. The molecule has 1 fully saturated rings. The van der Waals surface area contributed by atoms with E-state index in [1.165, 1.54) is 32.1 Å². The zero-order chi connectivity index (χ0) is 11.9. The Hall–Kier alpha value is -0.620. The molecule has 0 aromatic carbocycles. The van der Waals surface area contributed by atoms with Gasteiger partial charge in [-0.05, 0) is 36.2 Å². The zero-order valence-corrected chi connectivity index (χ0v) is 11.2. The van der Waals surface area contributed by atoms with Crippen molar-refractivity contribution in [1.29, 1.82) is 0 Å². The lowest BCUT2D eigenvalue weighted by molar-refractivity contribution is 0.510. The van der Waals surface area contributed by atoms with Crippen LogP contribution in [0.5, 0.6) is 0 Å². The molecule has 1 heterocycles. The van der Waals surface area contributed by atoms with E-state index in [1.807, 2.05) is 16.4 Å². The molecular weight excluding hydrogens is 234 g/mol. The van der Waals surface area contributed by atoms with Gasteiger partial charge in [0.15, 0.2) is 0 Å². The van der Waals surface area contributed by atoms with E-state index < -0.39 is 0 Å². The van der Waals surface area contributed by atoms with Gasteiger partial charge in [-0.3, -0.25) is 0 Å². The highest BCUT2D eigenvalue weighted by Crippen LogP contribution is 2.33. The summed E-state index contributed by atoms with van der Waals surface area (Å²) in [6.45, 7) is 5.04. The Labute approximate surface area is 107 Å². The predicted molar refractivity (Wildman–Crippen MR) is 69.1 cm³/mol. The molecule has 17 heavy (non-hydrogen) atoms. The summed E-state index contributed by atoms with van der Waals surface area (Å²) in [6, 6.07) is 0. The summed E-state index contributed by atoms with van der Waals surface area (Å²) >= 11 is 1.85. The number of hydrogen-bond acceptors (Lipinski definition) is 5. The Morgan fingerprint density at radius 1 is 1.35 bits per heavy atom. The Morgan fingerprint density at radius 2 is 2.18 bits per heavy atom. The summed E-state index contributed by atoms with van der Waals surface area (Å²) in [5.41, 5.74) is 0. The van der Waals surface area contributed by atoms with Gasteiger partial charge in [0.1, 0.15) is 0 Å². The standard InChI is InChI=1S/C11H21N5S/c1-2-7-12-8-9-16-11(13-14-15-16)17-10-5-3-4-6-10/h10,12H,2-9H2,1H3. The fourth-order valence-corrected chi connectivity index (χ4v) is 3.26. The van der Waals surface area contributed by atoms with Crippen molar-refractivity contribution in [1.82, 2.24) is 25.5 Å². The van der Waals surface area contributed by atoms with Gasteiger partial charge in [0.25, 0.3) is 0 Å². The molecule has 0 unspecified atom stereocenters. The van der Waals surface area contributed by atoms with Gasteiger partial charge < -0.3 is 5.32 Å². The highest BCUT2D eigenvalue weighted by atomic mass is 32.2. The molecule has 0 amide bonds. The van der Waals surface area contributed by atoms with Gasteiger partial charge in [-0.25, -0.2) is 4.68 Å². The number of hydrogen-bond donors (Lipinski definition) is 1. The predicted octanol–water partition coefficient (Wildman–Crippen LogP) is 1.71. The number of nitrogens with one attached hydrogen (secondary N) is 1. The Morgan fingerprint density at radius 3 is 2.94 bits per heavy atom. The first-order valence-corrected chi connectivity index (χ1v) is 7.41. The molecule has 96 valence electrons. The summed E-state index contributed by atoms with van der Waals surface area (Å²) in [7, 11) is 0. The molecule has 1 aromatic rings. The normalized spacial score (nSPS) is 16.8. The van der Waals surface area contributed by atoms with Crippen LogP contribution in [-0.4, -0.2) is 38.5 Å². The van der Waals surface area contributed by atoms with Gasteiger partial charge in [0.05, 0.1) is 6.54 Å². The van der Waals surface area contributed by atoms with Gasteiger partial charge in [-0.15, -0.1) is 5.10 Å². The minimum atomic E-state index is 0.725. The average molecular weight is 255 g/mol. The van der Waals surface area contributed by atoms with Crippen LogP contribution >= 0.6 is 11.8 Å². The van der Waals surface area contributed by atoms with Gasteiger partial charge in [0.2, 0.25) is 5.16 Å². The number of nitrogens with zero attached hydrogens (tertiary/aromatic N) is 4. The van der Waals surface area contributed by atoms with Crippen molar-refractivity contribution in [2.45, 2.75) is 56.0 Å². The van der Waals surface area contributed by atoms with E-state index in [1.54, 1.807) is 0 Å². The molecule has 0 saturated heterocycles. The second-order valence-electron chi connectivity index (χ2n) is 4.46. The second kappa shape index (κ2) is 6.96. The molecular formula is C11H21N5S. The molecule has 0 radical (unpaired) electrons. The highest BCUT2D eigenvalue weighted by molar-refractivity contribution is 7.99. The van der Waals surface area contributed by atoms with Crippen LogP contribution in [-0.2, 0) is 6.54 Å².